The largest absolute Gasteiger partial charge is 0.311 e. The molecule has 16 heavy (non-hydrogen) atoms. The molecule has 0 fully saturated rings. The van der Waals surface area contributed by atoms with Crippen molar-refractivity contribution in [1.82, 2.24) is 5.32 Å². The van der Waals surface area contributed by atoms with Crippen LogP contribution in [0.5, 0.6) is 0 Å². The monoisotopic (exact) mass is 230 g/mol. The van der Waals surface area contributed by atoms with Crippen LogP contribution in [0.1, 0.15) is 19.4 Å². The van der Waals surface area contributed by atoms with Gasteiger partial charge in [0.2, 0.25) is 5.82 Å². The lowest BCUT2D eigenvalue weighted by Gasteiger charge is -2.25. The molecule has 0 aliphatic rings. The van der Waals surface area contributed by atoms with Gasteiger partial charge in [-0.3, -0.25) is 10.1 Å². The fourth-order valence-corrected chi connectivity index (χ4v) is 1.38. The van der Waals surface area contributed by atoms with E-state index in [0.717, 1.165) is 12.1 Å². The Balaban J connectivity index is 3.49. The van der Waals surface area contributed by atoms with E-state index in [4.69, 9.17) is 0 Å². The van der Waals surface area contributed by atoms with Crippen LogP contribution in [0, 0.1) is 21.7 Å². The van der Waals surface area contributed by atoms with E-state index in [9.17, 15) is 18.9 Å². The van der Waals surface area contributed by atoms with Crippen LogP contribution in [0.15, 0.2) is 12.1 Å². The number of hydrogen-bond acceptors (Lipinski definition) is 3. The van der Waals surface area contributed by atoms with E-state index in [1.807, 2.05) is 0 Å². The normalized spacial score (nSPS) is 11.6. The van der Waals surface area contributed by atoms with Crippen molar-refractivity contribution in [1.29, 1.82) is 0 Å². The van der Waals surface area contributed by atoms with Crippen LogP contribution in [0.2, 0.25) is 0 Å². The summed E-state index contributed by atoms with van der Waals surface area (Å²) in [4.78, 5) is 9.65. The summed E-state index contributed by atoms with van der Waals surface area (Å²) >= 11 is 0. The molecule has 0 bridgehead atoms. The van der Waals surface area contributed by atoms with Gasteiger partial charge in [-0.15, -0.1) is 0 Å². The first-order valence-corrected chi connectivity index (χ1v) is 4.63. The second-order valence-electron chi connectivity index (χ2n) is 3.89. The molecule has 0 aromatic heterocycles. The first-order valence-electron chi connectivity index (χ1n) is 4.63. The summed E-state index contributed by atoms with van der Waals surface area (Å²) in [5, 5.41) is 13.2. The van der Waals surface area contributed by atoms with Crippen LogP contribution in [-0.4, -0.2) is 12.0 Å². The van der Waals surface area contributed by atoms with Crippen LogP contribution in [0.3, 0.4) is 0 Å². The van der Waals surface area contributed by atoms with Crippen molar-refractivity contribution in [2.45, 2.75) is 19.4 Å². The highest BCUT2D eigenvalue weighted by Gasteiger charge is 2.31. The summed E-state index contributed by atoms with van der Waals surface area (Å²) in [5.74, 6) is -1.94. The van der Waals surface area contributed by atoms with E-state index in [1.54, 1.807) is 0 Å². The molecular formula is C10H12F2N2O2. The zero-order valence-corrected chi connectivity index (χ0v) is 9.17. The number of rotatable bonds is 3. The van der Waals surface area contributed by atoms with E-state index in [0.29, 0.717) is 0 Å². The van der Waals surface area contributed by atoms with E-state index in [1.165, 1.54) is 20.9 Å². The molecule has 1 aromatic carbocycles. The molecule has 4 nitrogen and oxygen atoms in total. The molecule has 0 unspecified atom stereocenters. The molecule has 0 aliphatic carbocycles. The Bertz CT molecular complexity index is 433. The zero-order valence-electron chi connectivity index (χ0n) is 9.17. The quantitative estimate of drug-likeness (QED) is 0.640. The molecule has 0 radical (unpaired) electrons. The minimum atomic E-state index is -1.13. The van der Waals surface area contributed by atoms with E-state index >= 15 is 0 Å². The maximum Gasteiger partial charge on any atom is 0.305 e. The summed E-state index contributed by atoms with van der Waals surface area (Å²) in [5.41, 5.74) is -2.07. The van der Waals surface area contributed by atoms with Gasteiger partial charge < -0.3 is 5.32 Å². The minimum absolute atomic E-state index is 0.329. The molecule has 0 aliphatic heterocycles. The predicted molar refractivity (Wildman–Crippen MR) is 55.1 cm³/mol. The molecule has 0 saturated carbocycles. The fraction of sp³-hybridized carbons (Fsp3) is 0.400. The van der Waals surface area contributed by atoms with Gasteiger partial charge in [-0.2, -0.15) is 4.39 Å². The van der Waals surface area contributed by atoms with Crippen molar-refractivity contribution in [3.05, 3.63) is 39.4 Å². The minimum Gasteiger partial charge on any atom is -0.311 e. The predicted octanol–water partition coefficient (Wildman–Crippen LogP) is 2.33. The van der Waals surface area contributed by atoms with Gasteiger partial charge in [0.25, 0.3) is 0 Å². The van der Waals surface area contributed by atoms with Gasteiger partial charge in [-0.05, 0) is 27.0 Å². The highest BCUT2D eigenvalue weighted by atomic mass is 19.1. The third-order valence-corrected chi connectivity index (χ3v) is 2.52. The smallest absolute Gasteiger partial charge is 0.305 e. The fourth-order valence-electron chi connectivity index (χ4n) is 1.38. The molecule has 1 N–H and O–H groups in total. The van der Waals surface area contributed by atoms with Gasteiger partial charge >= 0.3 is 5.69 Å². The maximum atomic E-state index is 13.7. The Labute approximate surface area is 91.4 Å². The second kappa shape index (κ2) is 4.13. The number of halogens is 2. The van der Waals surface area contributed by atoms with Gasteiger partial charge in [0.05, 0.1) is 10.5 Å². The lowest BCUT2D eigenvalue weighted by atomic mass is 9.93. The molecule has 0 atom stereocenters. The lowest BCUT2D eigenvalue weighted by Crippen LogP contribution is -2.35. The lowest BCUT2D eigenvalue weighted by molar-refractivity contribution is -0.387. The Morgan fingerprint density at radius 1 is 1.38 bits per heavy atom. The average molecular weight is 230 g/mol. The highest BCUT2D eigenvalue weighted by molar-refractivity contribution is 5.40. The molecule has 0 spiro atoms. The van der Waals surface area contributed by atoms with Crippen molar-refractivity contribution < 1.29 is 13.7 Å². The van der Waals surface area contributed by atoms with Crippen LogP contribution < -0.4 is 5.32 Å². The van der Waals surface area contributed by atoms with Crippen LogP contribution in [-0.2, 0) is 5.54 Å². The molecule has 0 amide bonds. The molecule has 1 rings (SSSR count). The molecule has 1 aromatic rings. The van der Waals surface area contributed by atoms with Crippen molar-refractivity contribution in [2.24, 2.45) is 0 Å². The van der Waals surface area contributed by atoms with Gasteiger partial charge in [0.15, 0.2) is 0 Å². The maximum absolute atomic E-state index is 13.7. The summed E-state index contributed by atoms with van der Waals surface area (Å²) in [6.45, 7) is 3.08. The summed E-state index contributed by atoms with van der Waals surface area (Å²) < 4.78 is 27.2. The number of benzene rings is 1. The van der Waals surface area contributed by atoms with Crippen LogP contribution >= 0.6 is 0 Å². The Morgan fingerprint density at radius 3 is 2.38 bits per heavy atom. The van der Waals surface area contributed by atoms with Crippen LogP contribution in [0.25, 0.3) is 0 Å². The van der Waals surface area contributed by atoms with Gasteiger partial charge in [0, 0.05) is 11.6 Å². The number of hydrogen-bond donors (Lipinski definition) is 1. The van der Waals surface area contributed by atoms with Crippen molar-refractivity contribution in [3.63, 3.8) is 0 Å². The highest BCUT2D eigenvalue weighted by Crippen LogP contribution is 2.30. The number of nitro benzene ring substituents is 1. The van der Waals surface area contributed by atoms with Gasteiger partial charge in [-0.25, -0.2) is 4.39 Å². The SMILES string of the molecule is CNC(C)(C)c1c(F)ccc([N+](=O)[O-])c1F. The third kappa shape index (κ3) is 2.01. The van der Waals surface area contributed by atoms with Crippen LogP contribution in [0.4, 0.5) is 14.5 Å². The van der Waals surface area contributed by atoms with E-state index in [2.05, 4.69) is 5.32 Å². The van der Waals surface area contributed by atoms with E-state index < -0.39 is 27.8 Å². The topological polar surface area (TPSA) is 55.2 Å². The summed E-state index contributed by atoms with van der Waals surface area (Å²) in [6.07, 6.45) is 0. The first kappa shape index (κ1) is 12.5. The molecule has 6 heteroatoms. The summed E-state index contributed by atoms with van der Waals surface area (Å²) in [7, 11) is 1.53. The Hall–Kier alpha value is -1.56. The van der Waals surface area contributed by atoms with Crippen molar-refractivity contribution in [2.75, 3.05) is 7.05 Å². The molecule has 0 heterocycles. The summed E-state index contributed by atoms with van der Waals surface area (Å²) in [6, 6.07) is 1.72. The molecule has 88 valence electrons. The zero-order chi connectivity index (χ0) is 12.5. The molecular weight excluding hydrogens is 218 g/mol. The first-order chi connectivity index (χ1) is 7.31. The van der Waals surface area contributed by atoms with E-state index in [-0.39, 0.29) is 5.56 Å². The van der Waals surface area contributed by atoms with Crippen molar-refractivity contribution >= 4 is 5.69 Å². The number of nitro groups is 1. The Kier molecular flexibility index (Phi) is 3.23. The van der Waals surface area contributed by atoms with Gasteiger partial charge in [-0.1, -0.05) is 0 Å². The number of nitrogens with one attached hydrogen (secondary N) is 1. The Morgan fingerprint density at radius 2 is 1.94 bits per heavy atom. The van der Waals surface area contributed by atoms with Gasteiger partial charge in [0.1, 0.15) is 5.82 Å². The second-order valence-corrected chi connectivity index (χ2v) is 3.89. The average Bonchev–Trinajstić information content (AvgIpc) is 2.16. The third-order valence-electron chi connectivity index (χ3n) is 2.52. The van der Waals surface area contributed by atoms with Crippen molar-refractivity contribution in [3.8, 4) is 0 Å². The number of nitrogens with zero attached hydrogens (tertiary/aromatic N) is 1. The standard InChI is InChI=1S/C10H12F2N2O2/c1-10(2,13-3)8-6(11)4-5-7(9(8)12)14(15)16/h4-5,13H,1-3H3. The molecule has 0 saturated heterocycles.